The minimum atomic E-state index is 0. The molecule has 0 bridgehead atoms. The van der Waals surface area contributed by atoms with E-state index in [9.17, 15) is 0 Å². The van der Waals surface area contributed by atoms with E-state index < -0.39 is 0 Å². The fourth-order valence-electron chi connectivity index (χ4n) is 2.03. The van der Waals surface area contributed by atoms with E-state index in [4.69, 9.17) is 0 Å². The van der Waals surface area contributed by atoms with Crippen molar-refractivity contribution >= 4 is 10.8 Å². The van der Waals surface area contributed by atoms with Crippen molar-refractivity contribution in [1.29, 1.82) is 0 Å². The average molecular weight is 239 g/mol. The summed E-state index contributed by atoms with van der Waals surface area (Å²) in [5.41, 5.74) is 2.60. The van der Waals surface area contributed by atoms with Gasteiger partial charge in [-0.15, -0.1) is 29.0 Å². The van der Waals surface area contributed by atoms with Crippen molar-refractivity contribution < 1.29 is 21.7 Å². The number of fused-ring (bicyclic) bond motifs is 1. The van der Waals surface area contributed by atoms with E-state index in [2.05, 4.69) is 66.7 Å². The first-order chi connectivity index (χ1) is 7.45. The number of hydrogen-bond acceptors (Lipinski definition) is 0. The van der Waals surface area contributed by atoms with Crippen molar-refractivity contribution in [3.05, 3.63) is 66.7 Å². The summed E-state index contributed by atoms with van der Waals surface area (Å²) in [6.45, 7) is 0. The minimum absolute atomic E-state index is 0. The summed E-state index contributed by atoms with van der Waals surface area (Å²) in [6, 6.07) is 23.4. The molecule has 0 N–H and O–H groups in total. The molecular formula is C15H11Ti-. The van der Waals surface area contributed by atoms with Gasteiger partial charge >= 0.3 is 0 Å². The third-order valence-electron chi connectivity index (χ3n) is 2.76. The molecule has 16 heavy (non-hydrogen) atoms. The van der Waals surface area contributed by atoms with Crippen LogP contribution >= 0.6 is 0 Å². The van der Waals surface area contributed by atoms with E-state index >= 15 is 0 Å². The van der Waals surface area contributed by atoms with Crippen molar-refractivity contribution in [1.82, 2.24) is 0 Å². The van der Waals surface area contributed by atoms with Crippen molar-refractivity contribution in [2.24, 2.45) is 0 Å². The van der Waals surface area contributed by atoms with Crippen molar-refractivity contribution in [2.45, 2.75) is 0 Å². The second-order valence-electron chi connectivity index (χ2n) is 3.70. The molecule has 0 atom stereocenters. The predicted molar refractivity (Wildman–Crippen MR) is 65.0 cm³/mol. The molecule has 0 saturated heterocycles. The van der Waals surface area contributed by atoms with Gasteiger partial charge in [-0.25, -0.2) is 0 Å². The van der Waals surface area contributed by atoms with E-state index in [1.807, 2.05) is 0 Å². The van der Waals surface area contributed by atoms with Crippen molar-refractivity contribution in [2.75, 3.05) is 0 Å². The van der Waals surface area contributed by atoms with E-state index in [1.54, 1.807) is 0 Å². The second-order valence-corrected chi connectivity index (χ2v) is 3.70. The maximum Gasteiger partial charge on any atom is 0 e. The first-order valence-electron chi connectivity index (χ1n) is 5.15. The summed E-state index contributed by atoms with van der Waals surface area (Å²) in [5.74, 6) is 0. The fourth-order valence-corrected chi connectivity index (χ4v) is 2.03. The van der Waals surface area contributed by atoms with Gasteiger partial charge in [0, 0.05) is 21.7 Å². The van der Waals surface area contributed by atoms with Gasteiger partial charge in [-0.2, -0.15) is 12.1 Å². The summed E-state index contributed by atoms with van der Waals surface area (Å²) >= 11 is 0. The molecule has 0 spiro atoms. The van der Waals surface area contributed by atoms with Crippen LogP contribution in [0.2, 0.25) is 0 Å². The molecule has 0 heterocycles. The van der Waals surface area contributed by atoms with Crippen LogP contribution < -0.4 is 0 Å². The number of hydrogen-bond donors (Lipinski definition) is 0. The van der Waals surface area contributed by atoms with Gasteiger partial charge in [-0.05, 0) is 5.56 Å². The zero-order chi connectivity index (χ0) is 10.1. The van der Waals surface area contributed by atoms with Crippen molar-refractivity contribution in [3.63, 3.8) is 0 Å². The Balaban J connectivity index is 0.000000963. The van der Waals surface area contributed by atoms with Crippen LogP contribution in [0.25, 0.3) is 21.9 Å². The first-order valence-corrected chi connectivity index (χ1v) is 5.15. The Hall–Kier alpha value is -1.24. The van der Waals surface area contributed by atoms with Crippen LogP contribution in [0.1, 0.15) is 0 Å². The van der Waals surface area contributed by atoms with Gasteiger partial charge in [-0.1, -0.05) is 42.0 Å². The van der Waals surface area contributed by atoms with Crippen LogP contribution in [-0.2, 0) is 21.7 Å². The molecule has 3 rings (SSSR count). The Morgan fingerprint density at radius 2 is 1.56 bits per heavy atom. The SMILES string of the molecule is [Ti].c1ccc(-c2cccc3[cH-]ccc23)cc1. The van der Waals surface area contributed by atoms with Gasteiger partial charge < -0.3 is 0 Å². The molecule has 76 valence electrons. The minimum Gasteiger partial charge on any atom is -0.168 e. The Labute approximate surface area is 110 Å². The first kappa shape index (κ1) is 11.3. The van der Waals surface area contributed by atoms with Crippen LogP contribution in [0.4, 0.5) is 0 Å². The van der Waals surface area contributed by atoms with Crippen molar-refractivity contribution in [3.8, 4) is 11.1 Å². The topological polar surface area (TPSA) is 0 Å². The Morgan fingerprint density at radius 3 is 2.38 bits per heavy atom. The third-order valence-corrected chi connectivity index (χ3v) is 2.76. The van der Waals surface area contributed by atoms with Gasteiger partial charge in [0.05, 0.1) is 0 Å². The third kappa shape index (κ3) is 1.87. The Morgan fingerprint density at radius 1 is 0.750 bits per heavy atom. The maximum absolute atomic E-state index is 2.18. The molecule has 0 aliphatic heterocycles. The molecule has 0 nitrogen and oxygen atoms in total. The zero-order valence-electron chi connectivity index (χ0n) is 8.85. The fraction of sp³-hybridized carbons (Fsp3) is 0. The largest absolute Gasteiger partial charge is 0.168 e. The molecule has 0 aromatic heterocycles. The standard InChI is InChI=1S/C15H11.Ti/c1-2-6-12(7-3-1)14-10-4-8-13-9-5-11-15(13)14;/h1-11H;/q-1;. The summed E-state index contributed by atoms with van der Waals surface area (Å²) in [5, 5.41) is 2.65. The molecule has 0 unspecified atom stereocenters. The summed E-state index contributed by atoms with van der Waals surface area (Å²) in [6.07, 6.45) is 0. The van der Waals surface area contributed by atoms with Gasteiger partial charge in [0.25, 0.3) is 0 Å². The summed E-state index contributed by atoms with van der Waals surface area (Å²) < 4.78 is 0. The smallest absolute Gasteiger partial charge is 0 e. The average Bonchev–Trinajstić information content (AvgIpc) is 2.78. The van der Waals surface area contributed by atoms with Gasteiger partial charge in [0.1, 0.15) is 0 Å². The molecule has 3 aromatic carbocycles. The Kier molecular flexibility index (Phi) is 3.33. The maximum atomic E-state index is 2.18. The zero-order valence-corrected chi connectivity index (χ0v) is 10.4. The molecule has 0 aliphatic carbocycles. The van der Waals surface area contributed by atoms with E-state index in [0.717, 1.165) is 0 Å². The molecular weight excluding hydrogens is 228 g/mol. The predicted octanol–water partition coefficient (Wildman–Crippen LogP) is 4.22. The summed E-state index contributed by atoms with van der Waals surface area (Å²) in [7, 11) is 0. The van der Waals surface area contributed by atoms with Crippen LogP contribution in [-0.4, -0.2) is 0 Å². The van der Waals surface area contributed by atoms with Gasteiger partial charge in [0.2, 0.25) is 0 Å². The number of rotatable bonds is 1. The molecule has 1 heteroatoms. The van der Waals surface area contributed by atoms with E-state index in [-0.39, 0.29) is 21.7 Å². The molecule has 0 amide bonds. The van der Waals surface area contributed by atoms with Crippen LogP contribution in [0.3, 0.4) is 0 Å². The molecule has 0 fully saturated rings. The van der Waals surface area contributed by atoms with Crippen LogP contribution in [0.5, 0.6) is 0 Å². The van der Waals surface area contributed by atoms with Crippen LogP contribution in [0, 0.1) is 0 Å². The summed E-state index contributed by atoms with van der Waals surface area (Å²) in [4.78, 5) is 0. The normalized spacial score (nSPS) is 10.0. The monoisotopic (exact) mass is 239 g/mol. The van der Waals surface area contributed by atoms with Crippen LogP contribution in [0.15, 0.2) is 66.7 Å². The van der Waals surface area contributed by atoms with Gasteiger partial charge in [-0.3, -0.25) is 0 Å². The molecule has 3 aromatic rings. The number of benzene rings is 2. The molecule has 0 aliphatic rings. The quantitative estimate of drug-likeness (QED) is 0.440. The van der Waals surface area contributed by atoms with E-state index in [1.165, 1.54) is 21.9 Å². The van der Waals surface area contributed by atoms with E-state index in [0.29, 0.717) is 0 Å². The molecule has 0 radical (unpaired) electrons. The second kappa shape index (κ2) is 4.73. The Bertz CT molecular complexity index is 578. The molecule has 0 saturated carbocycles. The van der Waals surface area contributed by atoms with Gasteiger partial charge in [0.15, 0.2) is 0 Å².